The molecular weight excluding hydrogens is 585 g/mol. The third-order valence-electron chi connectivity index (χ3n) is 9.35. The van der Waals surface area contributed by atoms with E-state index in [1.165, 1.54) is 21.8 Å². The first-order valence-electron chi connectivity index (χ1n) is 15.9. The van der Waals surface area contributed by atoms with Crippen molar-refractivity contribution < 1.29 is 0 Å². The minimum Gasteiger partial charge on any atom is -0.318 e. The van der Waals surface area contributed by atoms with Crippen LogP contribution in [0.2, 0.25) is 0 Å². The molecule has 2 heterocycles. The molecule has 0 radical (unpaired) electrons. The Morgan fingerprint density at radius 3 is 1.75 bits per heavy atom. The van der Waals surface area contributed by atoms with Gasteiger partial charge in [0.25, 0.3) is 0 Å². The van der Waals surface area contributed by atoms with Gasteiger partial charge in [-0.2, -0.15) is 5.26 Å². The summed E-state index contributed by atoms with van der Waals surface area (Å²) in [4.78, 5) is 3.91. The second-order valence-electron chi connectivity index (χ2n) is 12.0. The molecule has 0 saturated heterocycles. The van der Waals surface area contributed by atoms with Gasteiger partial charge in [0.15, 0.2) is 0 Å². The number of nitrogens with zero attached hydrogens (tertiary/aromatic N) is 4. The van der Waals surface area contributed by atoms with Crippen LogP contribution in [-0.2, 0) is 0 Å². The molecule has 0 N–H and O–H groups in total. The van der Waals surface area contributed by atoms with Crippen molar-refractivity contribution in [3.63, 3.8) is 0 Å². The van der Waals surface area contributed by atoms with Gasteiger partial charge in [0.05, 0.1) is 46.0 Å². The Balaban J connectivity index is 1.24. The van der Waals surface area contributed by atoms with E-state index in [9.17, 15) is 5.26 Å². The largest absolute Gasteiger partial charge is 0.318 e. The van der Waals surface area contributed by atoms with E-state index in [1.807, 2.05) is 42.5 Å². The molecule has 0 aliphatic carbocycles. The molecule has 0 bridgehead atoms. The first-order chi connectivity index (χ1) is 23.7. The lowest BCUT2D eigenvalue weighted by Gasteiger charge is -2.16. The monoisotopic (exact) mass is 610 g/mol. The lowest BCUT2D eigenvalue weighted by atomic mass is 9.96. The van der Waals surface area contributed by atoms with Gasteiger partial charge < -0.3 is 9.13 Å². The highest BCUT2D eigenvalue weighted by Gasteiger charge is 2.19. The van der Waals surface area contributed by atoms with Gasteiger partial charge in [0.2, 0.25) is 5.69 Å². The average molecular weight is 611 g/mol. The first kappa shape index (κ1) is 27.4. The third-order valence-corrected chi connectivity index (χ3v) is 9.35. The van der Waals surface area contributed by atoms with Crippen LogP contribution in [0.15, 0.2) is 158 Å². The van der Waals surface area contributed by atoms with E-state index in [-0.39, 0.29) is 0 Å². The van der Waals surface area contributed by atoms with E-state index in [2.05, 4.69) is 135 Å². The molecule has 0 atom stereocenters. The number of hydrogen-bond acceptors (Lipinski definition) is 1. The minimum absolute atomic E-state index is 0.582. The molecule has 7 aromatic carbocycles. The van der Waals surface area contributed by atoms with E-state index < -0.39 is 0 Å². The van der Waals surface area contributed by atoms with E-state index in [4.69, 9.17) is 6.57 Å². The average Bonchev–Trinajstić information content (AvgIpc) is 3.68. The van der Waals surface area contributed by atoms with Crippen molar-refractivity contribution >= 4 is 49.3 Å². The zero-order valence-corrected chi connectivity index (χ0v) is 25.8. The van der Waals surface area contributed by atoms with Crippen molar-refractivity contribution in [2.75, 3.05) is 0 Å². The Labute approximate surface area is 277 Å². The number of para-hydroxylation sites is 4. The molecule has 0 unspecified atom stereocenters. The van der Waals surface area contributed by atoms with Gasteiger partial charge in [-0.3, -0.25) is 0 Å². The van der Waals surface area contributed by atoms with Crippen LogP contribution >= 0.6 is 0 Å². The van der Waals surface area contributed by atoms with Crippen LogP contribution in [0, 0.1) is 17.9 Å². The summed E-state index contributed by atoms with van der Waals surface area (Å²) < 4.78 is 4.52. The fraction of sp³-hybridized carbons (Fsp3) is 0. The zero-order valence-electron chi connectivity index (χ0n) is 25.8. The fourth-order valence-electron chi connectivity index (χ4n) is 7.26. The van der Waals surface area contributed by atoms with Crippen LogP contribution in [-0.4, -0.2) is 9.13 Å². The van der Waals surface area contributed by atoms with E-state index >= 15 is 0 Å². The Morgan fingerprint density at radius 2 is 1.06 bits per heavy atom. The Kier molecular flexibility index (Phi) is 6.22. The molecule has 222 valence electrons. The molecular formula is C44H26N4. The molecule has 4 heteroatoms. The Morgan fingerprint density at radius 1 is 0.500 bits per heavy atom. The van der Waals surface area contributed by atoms with Crippen molar-refractivity contribution in [2.45, 2.75) is 0 Å². The number of benzene rings is 7. The highest BCUT2D eigenvalue weighted by Crippen LogP contribution is 2.41. The predicted molar refractivity (Wildman–Crippen MR) is 197 cm³/mol. The molecule has 9 rings (SSSR count). The van der Waals surface area contributed by atoms with Crippen molar-refractivity contribution in [2.24, 2.45) is 0 Å². The van der Waals surface area contributed by atoms with Gasteiger partial charge in [-0.1, -0.05) is 103 Å². The number of aromatic nitrogens is 2. The molecule has 0 saturated carbocycles. The summed E-state index contributed by atoms with van der Waals surface area (Å²) in [5.41, 5.74) is 11.5. The summed E-state index contributed by atoms with van der Waals surface area (Å²) in [7, 11) is 0. The smallest absolute Gasteiger partial charge is 0.211 e. The van der Waals surface area contributed by atoms with Crippen LogP contribution in [0.1, 0.15) is 5.56 Å². The minimum atomic E-state index is 0.582. The molecule has 0 amide bonds. The fourth-order valence-corrected chi connectivity index (χ4v) is 7.26. The lowest BCUT2D eigenvalue weighted by Crippen LogP contribution is -1.98. The number of rotatable bonds is 4. The molecule has 0 aliphatic rings. The summed E-state index contributed by atoms with van der Waals surface area (Å²) in [5.74, 6) is 0. The highest BCUT2D eigenvalue weighted by atomic mass is 15.0. The number of hydrogen-bond donors (Lipinski definition) is 0. The van der Waals surface area contributed by atoms with E-state index in [0.29, 0.717) is 11.3 Å². The summed E-state index contributed by atoms with van der Waals surface area (Å²) in [6.07, 6.45) is 0. The van der Waals surface area contributed by atoms with Gasteiger partial charge in [-0.15, -0.1) is 0 Å². The highest BCUT2D eigenvalue weighted by molar-refractivity contribution is 6.14. The molecule has 9 aromatic rings. The summed E-state index contributed by atoms with van der Waals surface area (Å²) in [6, 6.07) is 56.7. The summed E-state index contributed by atoms with van der Waals surface area (Å²) >= 11 is 0. The SMILES string of the molecule is [C-]#[N+]c1cccc2c3ccccc3n(-c3ccc(C#N)cc3-c3cccc(-c4cccc(-n5c6ccccc6c6ccccc65)c4)c3)c12. The van der Waals surface area contributed by atoms with Crippen LogP contribution in [0.4, 0.5) is 5.69 Å². The van der Waals surface area contributed by atoms with Gasteiger partial charge >= 0.3 is 0 Å². The second-order valence-corrected chi connectivity index (χ2v) is 12.0. The predicted octanol–water partition coefficient (Wildman–Crippen LogP) is 11.6. The van der Waals surface area contributed by atoms with Gasteiger partial charge in [-0.05, 0) is 76.7 Å². The maximum atomic E-state index is 9.96. The van der Waals surface area contributed by atoms with Crippen LogP contribution in [0.5, 0.6) is 0 Å². The van der Waals surface area contributed by atoms with E-state index in [0.717, 1.165) is 55.4 Å². The molecule has 0 fully saturated rings. The number of fused-ring (bicyclic) bond motifs is 6. The summed E-state index contributed by atoms with van der Waals surface area (Å²) in [6.45, 7) is 7.99. The van der Waals surface area contributed by atoms with Gasteiger partial charge in [0.1, 0.15) is 0 Å². The Hall–Kier alpha value is -6.88. The summed E-state index contributed by atoms with van der Waals surface area (Å²) in [5, 5.41) is 14.5. The van der Waals surface area contributed by atoms with Crippen LogP contribution in [0.25, 0.3) is 82.1 Å². The quantitative estimate of drug-likeness (QED) is 0.183. The van der Waals surface area contributed by atoms with Gasteiger partial charge in [-0.25, -0.2) is 4.85 Å². The normalized spacial score (nSPS) is 11.3. The van der Waals surface area contributed by atoms with E-state index in [1.54, 1.807) is 0 Å². The topological polar surface area (TPSA) is 38.0 Å². The molecule has 4 nitrogen and oxygen atoms in total. The van der Waals surface area contributed by atoms with Crippen LogP contribution < -0.4 is 0 Å². The second kappa shape index (κ2) is 10.9. The van der Waals surface area contributed by atoms with Crippen LogP contribution in [0.3, 0.4) is 0 Å². The molecule has 0 aliphatic heterocycles. The first-order valence-corrected chi connectivity index (χ1v) is 15.9. The van der Waals surface area contributed by atoms with Crippen molar-refractivity contribution in [3.05, 3.63) is 175 Å². The molecule has 48 heavy (non-hydrogen) atoms. The maximum Gasteiger partial charge on any atom is 0.211 e. The molecule has 2 aromatic heterocycles. The van der Waals surface area contributed by atoms with Gasteiger partial charge in [0, 0.05) is 27.4 Å². The zero-order chi connectivity index (χ0) is 32.2. The standard InChI is InChI=1S/C44H26N4/c1-46-39-19-10-18-37-36-17-4-7-22-42(36)48(44(37)39)43-24-23-29(28-45)25-38(43)32-13-8-11-30(26-32)31-12-9-14-33(27-31)47-40-20-5-2-15-34(40)35-16-3-6-21-41(35)47/h2-27H. The van der Waals surface area contributed by atoms with Crippen molar-refractivity contribution in [1.82, 2.24) is 9.13 Å². The Bertz CT molecular complexity index is 2760. The van der Waals surface area contributed by atoms with Crippen molar-refractivity contribution in [3.8, 4) is 39.7 Å². The number of nitriles is 1. The maximum absolute atomic E-state index is 9.96. The van der Waals surface area contributed by atoms with Crippen molar-refractivity contribution in [1.29, 1.82) is 5.26 Å². The third kappa shape index (κ3) is 4.14. The molecule has 0 spiro atoms. The lowest BCUT2D eigenvalue weighted by molar-refractivity contribution is 1.18.